The molecule has 130 valence electrons. The normalized spacial score (nSPS) is 15.8. The van der Waals surface area contributed by atoms with E-state index in [0.29, 0.717) is 4.88 Å². The van der Waals surface area contributed by atoms with Crippen molar-refractivity contribution in [3.05, 3.63) is 39.8 Å². The van der Waals surface area contributed by atoms with Crippen LogP contribution in [0.25, 0.3) is 10.2 Å². The summed E-state index contributed by atoms with van der Waals surface area (Å²) < 4.78 is 5.16. The van der Waals surface area contributed by atoms with Gasteiger partial charge in [0.05, 0.1) is 22.5 Å². The van der Waals surface area contributed by atoms with E-state index in [9.17, 15) is 4.79 Å². The average Bonchev–Trinajstić information content (AvgIpc) is 3.27. The molecule has 1 saturated heterocycles. The molecule has 1 amide bonds. The van der Waals surface area contributed by atoms with Crippen LogP contribution >= 0.6 is 22.9 Å². The molecule has 3 aromatic rings. The first-order valence-corrected chi connectivity index (χ1v) is 10.0. The Balaban J connectivity index is 1.37. The third-order valence-corrected chi connectivity index (χ3v) is 6.22. The molecule has 0 saturated carbocycles. The molecule has 1 fully saturated rings. The Morgan fingerprint density at radius 3 is 2.76 bits per heavy atom. The van der Waals surface area contributed by atoms with E-state index in [0.717, 1.165) is 55.4 Å². The Morgan fingerprint density at radius 1 is 1.20 bits per heavy atom. The highest BCUT2D eigenvalue weighted by molar-refractivity contribution is 7.18. The number of carbonyl (C=O) groups excluding carboxylic acids is 1. The fourth-order valence-electron chi connectivity index (χ4n) is 3.03. The highest BCUT2D eigenvalue weighted by atomic mass is 32.1. The van der Waals surface area contributed by atoms with Crippen molar-refractivity contribution < 1.29 is 4.79 Å². The zero-order chi connectivity index (χ0) is 17.2. The van der Waals surface area contributed by atoms with E-state index in [1.807, 2.05) is 24.0 Å². The van der Waals surface area contributed by atoms with Crippen molar-refractivity contribution in [1.82, 2.24) is 24.4 Å². The fraction of sp³-hybridized carbons (Fsp3) is 0.412. The molecular weight excluding hydrogens is 354 g/mol. The molecule has 6 nitrogen and oxygen atoms in total. The maximum absolute atomic E-state index is 12.7. The minimum absolute atomic E-state index is 0.0755. The van der Waals surface area contributed by atoms with Crippen LogP contribution in [0.3, 0.4) is 0 Å². The summed E-state index contributed by atoms with van der Waals surface area (Å²) in [5, 5.41) is 5.19. The topological polar surface area (TPSA) is 62.2 Å². The van der Waals surface area contributed by atoms with E-state index in [2.05, 4.69) is 26.6 Å². The molecular formula is C17H19N5OS2. The highest BCUT2D eigenvalue weighted by Gasteiger charge is 2.26. The van der Waals surface area contributed by atoms with Crippen LogP contribution in [0.4, 0.5) is 0 Å². The summed E-state index contributed by atoms with van der Waals surface area (Å²) in [6.45, 7) is 6.08. The number of thiazole rings is 1. The Hall–Kier alpha value is -1.90. The summed E-state index contributed by atoms with van der Waals surface area (Å²) in [6, 6.07) is 8.24. The van der Waals surface area contributed by atoms with Gasteiger partial charge in [-0.15, -0.1) is 16.4 Å². The Kier molecular flexibility index (Phi) is 4.74. The second-order valence-corrected chi connectivity index (χ2v) is 7.92. The Morgan fingerprint density at radius 2 is 2.00 bits per heavy atom. The van der Waals surface area contributed by atoms with Gasteiger partial charge in [0.15, 0.2) is 0 Å². The molecule has 0 bridgehead atoms. The third kappa shape index (κ3) is 3.42. The standard InChI is InChI=1S/C17H19N5OS2/c1-2-12-16(25-20-19-12)17(23)22-9-7-21(8-10-22)11-15-18-13-5-3-4-6-14(13)24-15/h3-6H,2,7-11H2,1H3. The van der Waals surface area contributed by atoms with Crippen LogP contribution in [0.5, 0.6) is 0 Å². The van der Waals surface area contributed by atoms with Crippen LogP contribution in [0, 0.1) is 0 Å². The first kappa shape index (κ1) is 16.6. The fourth-order valence-corrected chi connectivity index (χ4v) is 4.76. The summed E-state index contributed by atoms with van der Waals surface area (Å²) >= 11 is 2.96. The van der Waals surface area contributed by atoms with E-state index >= 15 is 0 Å². The smallest absolute Gasteiger partial charge is 0.267 e. The second-order valence-electron chi connectivity index (χ2n) is 6.05. The number of aromatic nitrogens is 3. The number of amides is 1. The third-order valence-electron chi connectivity index (χ3n) is 4.44. The lowest BCUT2D eigenvalue weighted by Crippen LogP contribution is -2.48. The van der Waals surface area contributed by atoms with Crippen LogP contribution in [-0.4, -0.2) is 56.5 Å². The van der Waals surface area contributed by atoms with E-state index in [1.165, 1.54) is 16.2 Å². The molecule has 0 radical (unpaired) electrons. The van der Waals surface area contributed by atoms with Gasteiger partial charge in [-0.1, -0.05) is 23.5 Å². The average molecular weight is 374 g/mol. The number of carbonyl (C=O) groups is 1. The predicted octanol–water partition coefficient (Wildman–Crippen LogP) is 2.67. The molecule has 8 heteroatoms. The molecule has 1 aliphatic rings. The van der Waals surface area contributed by atoms with Crippen molar-refractivity contribution >= 4 is 39.0 Å². The Labute approximate surface area is 154 Å². The quantitative estimate of drug-likeness (QED) is 0.704. The van der Waals surface area contributed by atoms with Crippen molar-refractivity contribution in [2.24, 2.45) is 0 Å². The van der Waals surface area contributed by atoms with Crippen LogP contribution < -0.4 is 0 Å². The van der Waals surface area contributed by atoms with Gasteiger partial charge in [0.1, 0.15) is 9.88 Å². The van der Waals surface area contributed by atoms with Gasteiger partial charge in [0.25, 0.3) is 5.91 Å². The van der Waals surface area contributed by atoms with Gasteiger partial charge >= 0.3 is 0 Å². The summed E-state index contributed by atoms with van der Waals surface area (Å²) in [7, 11) is 0. The van der Waals surface area contributed by atoms with E-state index < -0.39 is 0 Å². The summed E-state index contributed by atoms with van der Waals surface area (Å²) in [4.78, 5) is 22.3. The Bertz CT molecular complexity index is 849. The van der Waals surface area contributed by atoms with Gasteiger partial charge in [-0.3, -0.25) is 9.69 Å². The van der Waals surface area contributed by atoms with Gasteiger partial charge in [0.2, 0.25) is 0 Å². The molecule has 0 atom stereocenters. The molecule has 0 unspecified atom stereocenters. The molecule has 3 heterocycles. The van der Waals surface area contributed by atoms with E-state index in [-0.39, 0.29) is 5.91 Å². The number of piperazine rings is 1. The number of para-hydroxylation sites is 1. The van der Waals surface area contributed by atoms with Gasteiger partial charge in [-0.25, -0.2) is 4.98 Å². The lowest BCUT2D eigenvalue weighted by Gasteiger charge is -2.34. The van der Waals surface area contributed by atoms with Crippen molar-refractivity contribution in [2.45, 2.75) is 19.9 Å². The molecule has 1 aliphatic heterocycles. The molecule has 25 heavy (non-hydrogen) atoms. The second kappa shape index (κ2) is 7.15. The minimum atomic E-state index is 0.0755. The number of aryl methyl sites for hydroxylation is 1. The number of nitrogens with zero attached hydrogens (tertiary/aromatic N) is 5. The molecule has 1 aromatic carbocycles. The molecule has 2 aromatic heterocycles. The monoisotopic (exact) mass is 373 g/mol. The zero-order valence-corrected chi connectivity index (χ0v) is 15.6. The van der Waals surface area contributed by atoms with Crippen molar-refractivity contribution in [2.75, 3.05) is 26.2 Å². The lowest BCUT2D eigenvalue weighted by molar-refractivity contribution is 0.0632. The maximum atomic E-state index is 12.7. The van der Waals surface area contributed by atoms with Crippen LogP contribution in [0.15, 0.2) is 24.3 Å². The maximum Gasteiger partial charge on any atom is 0.267 e. The SMILES string of the molecule is CCc1nnsc1C(=O)N1CCN(Cc2nc3ccccc3s2)CC1. The first-order chi connectivity index (χ1) is 12.2. The molecule has 0 spiro atoms. The van der Waals surface area contributed by atoms with Crippen molar-refractivity contribution in [3.63, 3.8) is 0 Å². The van der Waals surface area contributed by atoms with E-state index in [1.54, 1.807) is 11.3 Å². The van der Waals surface area contributed by atoms with Crippen LogP contribution in [0.2, 0.25) is 0 Å². The summed E-state index contributed by atoms with van der Waals surface area (Å²) in [5.74, 6) is 0.0755. The molecule has 0 aliphatic carbocycles. The van der Waals surface area contributed by atoms with Crippen molar-refractivity contribution in [1.29, 1.82) is 0 Å². The van der Waals surface area contributed by atoms with Gasteiger partial charge in [-0.05, 0) is 30.1 Å². The number of fused-ring (bicyclic) bond motifs is 1. The number of hydrogen-bond donors (Lipinski definition) is 0. The van der Waals surface area contributed by atoms with Crippen LogP contribution in [0.1, 0.15) is 27.3 Å². The molecule has 4 rings (SSSR count). The lowest BCUT2D eigenvalue weighted by atomic mass is 10.2. The molecule has 0 N–H and O–H groups in total. The summed E-state index contributed by atoms with van der Waals surface area (Å²) in [5.41, 5.74) is 1.88. The zero-order valence-electron chi connectivity index (χ0n) is 14.0. The number of benzene rings is 1. The number of rotatable bonds is 4. The largest absolute Gasteiger partial charge is 0.335 e. The first-order valence-electron chi connectivity index (χ1n) is 8.42. The highest BCUT2D eigenvalue weighted by Crippen LogP contribution is 2.23. The van der Waals surface area contributed by atoms with Gasteiger partial charge in [0, 0.05) is 26.2 Å². The van der Waals surface area contributed by atoms with Gasteiger partial charge < -0.3 is 4.90 Å². The number of hydrogen-bond acceptors (Lipinski definition) is 7. The van der Waals surface area contributed by atoms with E-state index in [4.69, 9.17) is 4.98 Å². The predicted molar refractivity (Wildman–Crippen MR) is 100 cm³/mol. The minimum Gasteiger partial charge on any atom is -0.335 e. The van der Waals surface area contributed by atoms with Crippen molar-refractivity contribution in [3.8, 4) is 0 Å². The summed E-state index contributed by atoms with van der Waals surface area (Å²) in [6.07, 6.45) is 0.745. The van der Waals surface area contributed by atoms with Gasteiger partial charge in [-0.2, -0.15) is 0 Å². The van der Waals surface area contributed by atoms with Crippen LogP contribution in [-0.2, 0) is 13.0 Å².